The Morgan fingerprint density at radius 3 is 2.64 bits per heavy atom. The summed E-state index contributed by atoms with van der Waals surface area (Å²) in [5.74, 6) is 0.570. The molecule has 2 aromatic rings. The van der Waals surface area contributed by atoms with Crippen molar-refractivity contribution in [1.29, 1.82) is 0 Å². The molecule has 1 saturated heterocycles. The van der Waals surface area contributed by atoms with Crippen LogP contribution in [-0.4, -0.2) is 66.0 Å². The Hall–Kier alpha value is -2.13. The van der Waals surface area contributed by atoms with Crippen LogP contribution in [0.1, 0.15) is 26.8 Å². The molecule has 3 rings (SSSR count). The standard InChI is InChI=1S/C16H19BrN4O4/c1-11-10-12(19-25-11)16(23)21-8-6-20(7-9-21)5-4-18-15(22)13-2-3-14(17)24-13/h2-3,10H,4-9H2,1H3,(H,18,22). The maximum absolute atomic E-state index is 12.3. The molecule has 134 valence electrons. The maximum Gasteiger partial charge on any atom is 0.287 e. The van der Waals surface area contributed by atoms with Gasteiger partial charge >= 0.3 is 0 Å². The predicted octanol–water partition coefficient (Wildman–Crippen LogP) is 1.53. The minimum Gasteiger partial charge on any atom is -0.444 e. The van der Waals surface area contributed by atoms with E-state index in [0.717, 1.165) is 19.6 Å². The Bertz CT molecular complexity index is 746. The van der Waals surface area contributed by atoms with Crippen LogP contribution in [0.25, 0.3) is 0 Å². The van der Waals surface area contributed by atoms with Gasteiger partial charge in [0, 0.05) is 45.3 Å². The Balaban J connectivity index is 1.39. The number of halogens is 1. The van der Waals surface area contributed by atoms with E-state index in [1.165, 1.54) is 0 Å². The van der Waals surface area contributed by atoms with Gasteiger partial charge < -0.3 is 19.2 Å². The second-order valence-electron chi connectivity index (χ2n) is 5.82. The molecule has 1 N–H and O–H groups in total. The number of piperazine rings is 1. The van der Waals surface area contributed by atoms with Gasteiger partial charge in [-0.3, -0.25) is 14.5 Å². The lowest BCUT2D eigenvalue weighted by atomic mass is 10.2. The van der Waals surface area contributed by atoms with E-state index < -0.39 is 0 Å². The summed E-state index contributed by atoms with van der Waals surface area (Å²) in [5, 5.41) is 6.59. The zero-order chi connectivity index (χ0) is 17.8. The minimum atomic E-state index is -0.235. The molecular weight excluding hydrogens is 392 g/mol. The van der Waals surface area contributed by atoms with E-state index in [9.17, 15) is 9.59 Å². The van der Waals surface area contributed by atoms with Gasteiger partial charge in [0.25, 0.3) is 11.8 Å². The molecule has 2 aromatic heterocycles. The lowest BCUT2D eigenvalue weighted by molar-refractivity contribution is 0.0627. The Morgan fingerprint density at radius 1 is 1.28 bits per heavy atom. The van der Waals surface area contributed by atoms with Crippen molar-refractivity contribution in [3.8, 4) is 0 Å². The number of carbonyl (C=O) groups is 2. The third-order valence-electron chi connectivity index (χ3n) is 4.02. The largest absolute Gasteiger partial charge is 0.444 e. The summed E-state index contributed by atoms with van der Waals surface area (Å²) in [6, 6.07) is 4.95. The number of carbonyl (C=O) groups excluding carboxylic acids is 2. The quantitative estimate of drug-likeness (QED) is 0.803. The van der Waals surface area contributed by atoms with E-state index >= 15 is 0 Å². The molecule has 0 unspecified atom stereocenters. The van der Waals surface area contributed by atoms with E-state index in [1.54, 1.807) is 30.0 Å². The number of furan rings is 1. The number of rotatable bonds is 5. The second-order valence-corrected chi connectivity index (χ2v) is 6.60. The van der Waals surface area contributed by atoms with E-state index in [1.807, 2.05) is 0 Å². The number of amides is 2. The number of hydrogen-bond acceptors (Lipinski definition) is 6. The molecule has 8 nitrogen and oxygen atoms in total. The third kappa shape index (κ3) is 4.49. The summed E-state index contributed by atoms with van der Waals surface area (Å²) in [6.07, 6.45) is 0. The van der Waals surface area contributed by atoms with Gasteiger partial charge in [0.05, 0.1) is 0 Å². The molecule has 0 atom stereocenters. The SMILES string of the molecule is Cc1cc(C(=O)N2CCN(CCNC(=O)c3ccc(Br)o3)CC2)no1. The molecule has 1 aliphatic rings. The first kappa shape index (κ1) is 17.7. The van der Waals surface area contributed by atoms with Crippen molar-refractivity contribution in [2.24, 2.45) is 0 Å². The lowest BCUT2D eigenvalue weighted by Gasteiger charge is -2.34. The normalized spacial score (nSPS) is 15.4. The van der Waals surface area contributed by atoms with Gasteiger partial charge in [-0.15, -0.1) is 0 Å². The zero-order valence-electron chi connectivity index (χ0n) is 13.8. The molecule has 0 aliphatic carbocycles. The summed E-state index contributed by atoms with van der Waals surface area (Å²) in [4.78, 5) is 28.2. The predicted molar refractivity (Wildman–Crippen MR) is 92.3 cm³/mol. The number of aromatic nitrogens is 1. The van der Waals surface area contributed by atoms with Crippen LogP contribution in [0.15, 0.2) is 31.8 Å². The highest BCUT2D eigenvalue weighted by atomic mass is 79.9. The lowest BCUT2D eigenvalue weighted by Crippen LogP contribution is -2.50. The second kappa shape index (κ2) is 7.83. The fraction of sp³-hybridized carbons (Fsp3) is 0.438. The molecule has 0 bridgehead atoms. The van der Waals surface area contributed by atoms with Crippen LogP contribution in [-0.2, 0) is 0 Å². The molecule has 0 spiro atoms. The van der Waals surface area contributed by atoms with Crippen LogP contribution in [0, 0.1) is 6.92 Å². The Labute approximate surface area is 153 Å². The summed E-state index contributed by atoms with van der Waals surface area (Å²) >= 11 is 3.17. The highest BCUT2D eigenvalue weighted by molar-refractivity contribution is 9.10. The summed E-state index contributed by atoms with van der Waals surface area (Å²) in [6.45, 7) is 5.77. The first-order chi connectivity index (χ1) is 12.0. The van der Waals surface area contributed by atoms with Crippen molar-refractivity contribution < 1.29 is 18.5 Å². The zero-order valence-corrected chi connectivity index (χ0v) is 15.4. The Kier molecular flexibility index (Phi) is 5.54. The third-order valence-corrected chi connectivity index (χ3v) is 4.44. The highest BCUT2D eigenvalue weighted by Crippen LogP contribution is 2.13. The topological polar surface area (TPSA) is 91.8 Å². The van der Waals surface area contributed by atoms with Crippen molar-refractivity contribution in [3.63, 3.8) is 0 Å². The van der Waals surface area contributed by atoms with Crippen LogP contribution in [0.5, 0.6) is 0 Å². The summed E-state index contributed by atoms with van der Waals surface area (Å²) < 4.78 is 10.7. The number of nitrogens with one attached hydrogen (secondary N) is 1. The molecule has 1 aliphatic heterocycles. The van der Waals surface area contributed by atoms with Crippen molar-refractivity contribution in [3.05, 3.63) is 40.1 Å². The van der Waals surface area contributed by atoms with Crippen molar-refractivity contribution in [2.75, 3.05) is 39.3 Å². The number of aryl methyl sites for hydroxylation is 1. The van der Waals surface area contributed by atoms with Gasteiger partial charge in [-0.25, -0.2) is 0 Å². The van der Waals surface area contributed by atoms with Crippen molar-refractivity contribution in [1.82, 2.24) is 20.3 Å². The van der Waals surface area contributed by atoms with Crippen LogP contribution < -0.4 is 5.32 Å². The highest BCUT2D eigenvalue weighted by Gasteiger charge is 2.24. The molecule has 25 heavy (non-hydrogen) atoms. The van der Waals surface area contributed by atoms with E-state index in [-0.39, 0.29) is 17.6 Å². The minimum absolute atomic E-state index is 0.104. The summed E-state index contributed by atoms with van der Waals surface area (Å²) in [7, 11) is 0. The molecule has 2 amide bonds. The molecular formula is C16H19BrN4O4. The molecule has 0 aromatic carbocycles. The smallest absolute Gasteiger partial charge is 0.287 e. The fourth-order valence-electron chi connectivity index (χ4n) is 2.65. The average Bonchev–Trinajstić information content (AvgIpc) is 3.23. The van der Waals surface area contributed by atoms with Gasteiger partial charge in [0.15, 0.2) is 16.1 Å². The average molecular weight is 411 g/mol. The Morgan fingerprint density at radius 2 is 2.04 bits per heavy atom. The molecule has 1 fully saturated rings. The van der Waals surface area contributed by atoms with Crippen molar-refractivity contribution in [2.45, 2.75) is 6.92 Å². The monoisotopic (exact) mass is 410 g/mol. The van der Waals surface area contributed by atoms with Gasteiger partial charge in [-0.2, -0.15) is 0 Å². The first-order valence-electron chi connectivity index (χ1n) is 8.01. The van der Waals surface area contributed by atoms with Crippen molar-refractivity contribution >= 4 is 27.7 Å². The van der Waals surface area contributed by atoms with Crippen LogP contribution in [0.4, 0.5) is 0 Å². The molecule has 3 heterocycles. The molecule has 0 radical (unpaired) electrons. The summed E-state index contributed by atoms with van der Waals surface area (Å²) in [5.41, 5.74) is 0.350. The molecule has 9 heteroatoms. The first-order valence-corrected chi connectivity index (χ1v) is 8.81. The van der Waals surface area contributed by atoms with Gasteiger partial charge in [-0.05, 0) is 35.0 Å². The van der Waals surface area contributed by atoms with Crippen LogP contribution in [0.3, 0.4) is 0 Å². The van der Waals surface area contributed by atoms with Crippen LogP contribution >= 0.6 is 15.9 Å². The maximum atomic E-state index is 12.3. The fourth-order valence-corrected chi connectivity index (χ4v) is 2.96. The number of hydrogen-bond donors (Lipinski definition) is 1. The van der Waals surface area contributed by atoms with E-state index in [0.29, 0.717) is 35.8 Å². The van der Waals surface area contributed by atoms with E-state index in [2.05, 4.69) is 31.3 Å². The van der Waals surface area contributed by atoms with Gasteiger partial charge in [0.1, 0.15) is 5.76 Å². The van der Waals surface area contributed by atoms with Gasteiger partial charge in [-0.1, -0.05) is 5.16 Å². The molecule has 0 saturated carbocycles. The van der Waals surface area contributed by atoms with Gasteiger partial charge in [0.2, 0.25) is 0 Å². The number of nitrogens with zero attached hydrogens (tertiary/aromatic N) is 3. The van der Waals surface area contributed by atoms with Crippen LogP contribution in [0.2, 0.25) is 0 Å². The van der Waals surface area contributed by atoms with E-state index in [4.69, 9.17) is 8.94 Å².